The summed E-state index contributed by atoms with van der Waals surface area (Å²) in [5, 5.41) is 13.7. The molecule has 0 bridgehead atoms. The van der Waals surface area contributed by atoms with E-state index in [4.69, 9.17) is 0 Å². The first-order chi connectivity index (χ1) is 9.00. The third-order valence-corrected chi connectivity index (χ3v) is 2.74. The molecule has 0 heterocycles. The fourth-order valence-corrected chi connectivity index (χ4v) is 2.51. The lowest BCUT2D eigenvalue weighted by Crippen LogP contribution is -2.45. The van der Waals surface area contributed by atoms with E-state index in [1.165, 1.54) is 18.2 Å². The van der Waals surface area contributed by atoms with Crippen molar-refractivity contribution < 1.29 is 9.72 Å². The van der Waals surface area contributed by atoms with E-state index in [1.54, 1.807) is 6.07 Å². The van der Waals surface area contributed by atoms with Gasteiger partial charge in [0, 0.05) is 23.2 Å². The predicted molar refractivity (Wildman–Crippen MR) is 78.7 cm³/mol. The number of nitrogens with one attached hydrogen (secondary N) is 1. The Morgan fingerprint density at radius 2 is 1.85 bits per heavy atom. The van der Waals surface area contributed by atoms with Crippen LogP contribution < -0.4 is 5.32 Å². The van der Waals surface area contributed by atoms with E-state index >= 15 is 0 Å². The molecule has 1 aromatic carbocycles. The Hall–Kier alpha value is -1.91. The standard InChI is InChI=1S/C15H22N2O3/c1-14(2,3)10-15(4,5)16-13(18)11-7-6-8-12(9-11)17(19)20/h6-9H,10H2,1-5H3,(H,16,18). The smallest absolute Gasteiger partial charge is 0.270 e. The Morgan fingerprint density at radius 3 is 2.35 bits per heavy atom. The van der Waals surface area contributed by atoms with E-state index in [-0.39, 0.29) is 22.5 Å². The molecule has 0 aromatic heterocycles. The Bertz CT molecular complexity index is 516. The second-order valence-electron chi connectivity index (χ2n) is 6.88. The number of carbonyl (C=O) groups is 1. The van der Waals surface area contributed by atoms with Crippen LogP contribution in [-0.4, -0.2) is 16.4 Å². The molecule has 5 heteroatoms. The van der Waals surface area contributed by atoms with Crippen LogP contribution in [0.15, 0.2) is 24.3 Å². The second-order valence-corrected chi connectivity index (χ2v) is 6.88. The van der Waals surface area contributed by atoms with Gasteiger partial charge in [0.15, 0.2) is 0 Å². The van der Waals surface area contributed by atoms with Crippen LogP contribution in [0.1, 0.15) is 51.4 Å². The van der Waals surface area contributed by atoms with E-state index in [1.807, 2.05) is 13.8 Å². The molecule has 20 heavy (non-hydrogen) atoms. The Morgan fingerprint density at radius 1 is 1.25 bits per heavy atom. The molecule has 0 spiro atoms. The highest BCUT2D eigenvalue weighted by molar-refractivity contribution is 5.95. The average Bonchev–Trinajstić information content (AvgIpc) is 2.25. The predicted octanol–water partition coefficient (Wildman–Crippen LogP) is 3.54. The van der Waals surface area contributed by atoms with Crippen molar-refractivity contribution in [3.63, 3.8) is 0 Å². The number of rotatable bonds is 4. The van der Waals surface area contributed by atoms with E-state index in [0.717, 1.165) is 6.42 Å². The first-order valence-corrected chi connectivity index (χ1v) is 6.57. The molecule has 1 aromatic rings. The van der Waals surface area contributed by atoms with Crippen molar-refractivity contribution in [1.29, 1.82) is 0 Å². The number of non-ortho nitro benzene ring substituents is 1. The van der Waals surface area contributed by atoms with Crippen LogP contribution in [0.25, 0.3) is 0 Å². The topological polar surface area (TPSA) is 72.2 Å². The van der Waals surface area contributed by atoms with Crippen molar-refractivity contribution in [2.45, 2.75) is 46.6 Å². The molecule has 0 fully saturated rings. The number of hydrogen-bond acceptors (Lipinski definition) is 3. The molecule has 0 unspecified atom stereocenters. The maximum Gasteiger partial charge on any atom is 0.270 e. The maximum atomic E-state index is 12.2. The Balaban J connectivity index is 2.86. The van der Waals surface area contributed by atoms with Gasteiger partial charge >= 0.3 is 0 Å². The number of nitrogens with zero attached hydrogens (tertiary/aromatic N) is 1. The molecule has 1 amide bonds. The zero-order chi connectivity index (χ0) is 15.6. The maximum absolute atomic E-state index is 12.2. The summed E-state index contributed by atoms with van der Waals surface area (Å²) in [5.41, 5.74) is -0.0631. The van der Waals surface area contributed by atoms with Gasteiger partial charge in [0.2, 0.25) is 0 Å². The van der Waals surface area contributed by atoms with Crippen molar-refractivity contribution in [1.82, 2.24) is 5.32 Å². The normalized spacial score (nSPS) is 12.1. The van der Waals surface area contributed by atoms with Crippen LogP contribution in [0.3, 0.4) is 0 Å². The van der Waals surface area contributed by atoms with Crippen molar-refractivity contribution in [2.75, 3.05) is 0 Å². The van der Waals surface area contributed by atoms with Gasteiger partial charge in [-0.3, -0.25) is 14.9 Å². The third-order valence-electron chi connectivity index (χ3n) is 2.74. The molecule has 0 aliphatic rings. The summed E-state index contributed by atoms with van der Waals surface area (Å²) < 4.78 is 0. The molecule has 1 rings (SSSR count). The highest BCUT2D eigenvalue weighted by Crippen LogP contribution is 2.27. The van der Waals surface area contributed by atoms with Gasteiger partial charge in [0.05, 0.1) is 4.92 Å². The average molecular weight is 278 g/mol. The fourth-order valence-electron chi connectivity index (χ4n) is 2.51. The minimum atomic E-state index is -0.503. The number of carbonyl (C=O) groups excluding carboxylic acids is 1. The monoisotopic (exact) mass is 278 g/mol. The van der Waals surface area contributed by atoms with Gasteiger partial charge in [-0.15, -0.1) is 0 Å². The van der Waals surface area contributed by atoms with Crippen LogP contribution in [0, 0.1) is 15.5 Å². The molecule has 0 aliphatic carbocycles. The minimum absolute atomic E-state index is 0.0775. The van der Waals surface area contributed by atoms with Gasteiger partial charge in [-0.25, -0.2) is 0 Å². The summed E-state index contributed by atoms with van der Waals surface area (Å²) in [7, 11) is 0. The lowest BCUT2D eigenvalue weighted by Gasteiger charge is -2.33. The molecule has 0 aliphatic heterocycles. The van der Waals surface area contributed by atoms with Crippen LogP contribution >= 0.6 is 0 Å². The largest absolute Gasteiger partial charge is 0.347 e. The van der Waals surface area contributed by atoms with Gasteiger partial charge in [-0.1, -0.05) is 26.8 Å². The van der Waals surface area contributed by atoms with Crippen LogP contribution in [-0.2, 0) is 0 Å². The minimum Gasteiger partial charge on any atom is -0.347 e. The van der Waals surface area contributed by atoms with Crippen molar-refractivity contribution in [2.24, 2.45) is 5.41 Å². The van der Waals surface area contributed by atoms with E-state index in [0.29, 0.717) is 5.56 Å². The van der Waals surface area contributed by atoms with E-state index in [2.05, 4.69) is 26.1 Å². The molecular weight excluding hydrogens is 256 g/mol. The molecule has 0 atom stereocenters. The SMILES string of the molecule is CC(C)(C)CC(C)(C)NC(=O)c1cccc([N+](=O)[O-])c1. The molecule has 5 nitrogen and oxygen atoms in total. The van der Waals surface area contributed by atoms with Crippen LogP contribution in [0.5, 0.6) is 0 Å². The van der Waals surface area contributed by atoms with Gasteiger partial charge in [0.25, 0.3) is 11.6 Å². The molecule has 0 saturated carbocycles. The molecule has 1 N–H and O–H groups in total. The summed E-state index contributed by atoms with van der Waals surface area (Å²) in [6.45, 7) is 10.2. The quantitative estimate of drug-likeness (QED) is 0.676. The molecule has 0 saturated heterocycles. The van der Waals surface area contributed by atoms with Crippen LogP contribution in [0.4, 0.5) is 5.69 Å². The second kappa shape index (κ2) is 5.61. The molecular formula is C15H22N2O3. The molecule has 0 radical (unpaired) electrons. The lowest BCUT2D eigenvalue weighted by molar-refractivity contribution is -0.384. The highest BCUT2D eigenvalue weighted by atomic mass is 16.6. The summed E-state index contributed by atoms with van der Waals surface area (Å²) in [5.74, 6) is -0.289. The highest BCUT2D eigenvalue weighted by Gasteiger charge is 2.27. The van der Waals surface area contributed by atoms with E-state index < -0.39 is 4.92 Å². The number of amides is 1. The van der Waals surface area contributed by atoms with Crippen molar-refractivity contribution >= 4 is 11.6 Å². The number of nitro groups is 1. The fraction of sp³-hybridized carbons (Fsp3) is 0.533. The number of hydrogen-bond donors (Lipinski definition) is 1. The van der Waals surface area contributed by atoms with Gasteiger partial charge in [0.1, 0.15) is 0 Å². The van der Waals surface area contributed by atoms with Crippen molar-refractivity contribution in [3.05, 3.63) is 39.9 Å². The van der Waals surface area contributed by atoms with Gasteiger partial charge in [-0.05, 0) is 31.7 Å². The van der Waals surface area contributed by atoms with Gasteiger partial charge < -0.3 is 5.32 Å². The summed E-state index contributed by atoms with van der Waals surface area (Å²) in [4.78, 5) is 22.4. The summed E-state index contributed by atoms with van der Waals surface area (Å²) in [6.07, 6.45) is 0.806. The lowest BCUT2D eigenvalue weighted by atomic mass is 9.81. The Labute approximate surface area is 119 Å². The number of benzene rings is 1. The van der Waals surface area contributed by atoms with Gasteiger partial charge in [-0.2, -0.15) is 0 Å². The zero-order valence-electron chi connectivity index (χ0n) is 12.7. The summed E-state index contributed by atoms with van der Waals surface area (Å²) >= 11 is 0. The van der Waals surface area contributed by atoms with Crippen LogP contribution in [0.2, 0.25) is 0 Å². The molecule has 110 valence electrons. The van der Waals surface area contributed by atoms with Crippen molar-refractivity contribution in [3.8, 4) is 0 Å². The van der Waals surface area contributed by atoms with E-state index in [9.17, 15) is 14.9 Å². The third kappa shape index (κ3) is 4.99. The Kier molecular flexibility index (Phi) is 4.53. The zero-order valence-corrected chi connectivity index (χ0v) is 12.7. The number of nitro benzene ring substituents is 1. The summed E-state index contributed by atoms with van der Waals surface area (Å²) in [6, 6.07) is 5.76. The first-order valence-electron chi connectivity index (χ1n) is 6.57. The first kappa shape index (κ1) is 16.1.